The lowest BCUT2D eigenvalue weighted by molar-refractivity contribution is -0.128. The molecule has 1 amide bonds. The molecule has 2 fully saturated rings. The SMILES string of the molecule is CC(C)n1ncc2c(C(=O)OCCN3CCCC3=O)cc(C3CC3)nc21. The van der Waals surface area contributed by atoms with E-state index in [1.54, 1.807) is 11.1 Å². The van der Waals surface area contributed by atoms with Crippen molar-refractivity contribution < 1.29 is 14.3 Å². The van der Waals surface area contributed by atoms with Crippen molar-refractivity contribution in [3.05, 3.63) is 23.5 Å². The van der Waals surface area contributed by atoms with Gasteiger partial charge in [-0.05, 0) is 39.2 Å². The van der Waals surface area contributed by atoms with Crippen LogP contribution >= 0.6 is 0 Å². The van der Waals surface area contributed by atoms with Gasteiger partial charge in [-0.1, -0.05) is 0 Å². The van der Waals surface area contributed by atoms with Crippen molar-refractivity contribution in [2.75, 3.05) is 19.7 Å². The summed E-state index contributed by atoms with van der Waals surface area (Å²) < 4.78 is 7.32. The molecule has 7 heteroatoms. The van der Waals surface area contributed by atoms with Gasteiger partial charge < -0.3 is 9.64 Å². The van der Waals surface area contributed by atoms with E-state index in [-0.39, 0.29) is 24.5 Å². The first kappa shape index (κ1) is 17.0. The van der Waals surface area contributed by atoms with Crippen molar-refractivity contribution in [2.24, 2.45) is 0 Å². The first-order valence-electron chi connectivity index (χ1n) is 9.37. The Morgan fingerprint density at radius 3 is 2.85 bits per heavy atom. The third kappa shape index (κ3) is 3.18. The summed E-state index contributed by atoms with van der Waals surface area (Å²) in [5.41, 5.74) is 2.21. The first-order valence-corrected chi connectivity index (χ1v) is 9.37. The molecule has 0 atom stereocenters. The number of carbonyl (C=O) groups excluding carboxylic acids is 2. The minimum absolute atomic E-state index is 0.140. The van der Waals surface area contributed by atoms with Crippen molar-refractivity contribution in [3.8, 4) is 0 Å². The lowest BCUT2D eigenvalue weighted by atomic mass is 10.1. The second-order valence-corrected chi connectivity index (χ2v) is 7.41. The second-order valence-electron chi connectivity index (χ2n) is 7.41. The van der Waals surface area contributed by atoms with Crippen molar-refractivity contribution >= 4 is 22.9 Å². The number of ether oxygens (including phenoxy) is 1. The summed E-state index contributed by atoms with van der Waals surface area (Å²) in [6.07, 6.45) is 5.40. The Bertz CT molecular complexity index is 854. The number of hydrogen-bond donors (Lipinski definition) is 0. The van der Waals surface area contributed by atoms with E-state index >= 15 is 0 Å². The minimum atomic E-state index is -0.366. The van der Waals surface area contributed by atoms with Gasteiger partial charge in [-0.25, -0.2) is 14.5 Å². The number of aromatic nitrogens is 3. The fourth-order valence-electron chi connectivity index (χ4n) is 3.44. The fourth-order valence-corrected chi connectivity index (χ4v) is 3.44. The molecule has 1 saturated heterocycles. The number of likely N-dealkylation sites (tertiary alicyclic amines) is 1. The summed E-state index contributed by atoms with van der Waals surface area (Å²) in [7, 11) is 0. The topological polar surface area (TPSA) is 77.3 Å². The number of hydrogen-bond acceptors (Lipinski definition) is 5. The smallest absolute Gasteiger partial charge is 0.339 e. The summed E-state index contributed by atoms with van der Waals surface area (Å²) in [5.74, 6) is 0.208. The molecule has 3 heterocycles. The Labute approximate surface area is 152 Å². The maximum absolute atomic E-state index is 12.7. The molecule has 138 valence electrons. The number of nitrogens with zero attached hydrogens (tertiary/aromatic N) is 4. The molecular formula is C19H24N4O3. The van der Waals surface area contributed by atoms with E-state index < -0.39 is 0 Å². The highest BCUT2D eigenvalue weighted by Gasteiger charge is 2.28. The van der Waals surface area contributed by atoms with Crippen LogP contribution < -0.4 is 0 Å². The molecule has 2 aromatic heterocycles. The van der Waals surface area contributed by atoms with Crippen LogP contribution in [-0.2, 0) is 9.53 Å². The number of amides is 1. The van der Waals surface area contributed by atoms with Gasteiger partial charge in [0.15, 0.2) is 5.65 Å². The van der Waals surface area contributed by atoms with Crippen LogP contribution in [0, 0.1) is 0 Å². The molecule has 0 N–H and O–H groups in total. The highest BCUT2D eigenvalue weighted by molar-refractivity contribution is 6.02. The summed E-state index contributed by atoms with van der Waals surface area (Å²) in [5, 5.41) is 5.13. The molecule has 0 radical (unpaired) electrons. The number of carbonyl (C=O) groups is 2. The zero-order valence-electron chi connectivity index (χ0n) is 15.3. The van der Waals surface area contributed by atoms with E-state index in [2.05, 4.69) is 5.10 Å². The average molecular weight is 356 g/mol. The predicted octanol–water partition coefficient (Wildman–Crippen LogP) is 2.67. The maximum Gasteiger partial charge on any atom is 0.339 e. The molecular weight excluding hydrogens is 332 g/mol. The van der Waals surface area contributed by atoms with Gasteiger partial charge >= 0.3 is 5.97 Å². The van der Waals surface area contributed by atoms with E-state index in [4.69, 9.17) is 9.72 Å². The van der Waals surface area contributed by atoms with Gasteiger partial charge in [-0.2, -0.15) is 5.10 Å². The molecule has 0 aromatic carbocycles. The van der Waals surface area contributed by atoms with Crippen LogP contribution in [0.3, 0.4) is 0 Å². The zero-order chi connectivity index (χ0) is 18.3. The molecule has 2 aliphatic rings. The number of rotatable bonds is 6. The van der Waals surface area contributed by atoms with Crippen molar-refractivity contribution in [2.45, 2.75) is 51.5 Å². The molecule has 1 aliphatic heterocycles. The summed E-state index contributed by atoms with van der Waals surface area (Å²) in [6.45, 7) is 5.51. The van der Waals surface area contributed by atoms with Crippen LogP contribution in [0.15, 0.2) is 12.3 Å². The van der Waals surface area contributed by atoms with Crippen molar-refractivity contribution in [1.82, 2.24) is 19.7 Å². The zero-order valence-corrected chi connectivity index (χ0v) is 15.3. The minimum Gasteiger partial charge on any atom is -0.460 e. The van der Waals surface area contributed by atoms with Crippen LogP contribution in [0.25, 0.3) is 11.0 Å². The molecule has 1 aliphatic carbocycles. The second kappa shape index (κ2) is 6.70. The van der Waals surface area contributed by atoms with Crippen LogP contribution in [0.2, 0.25) is 0 Å². The van der Waals surface area contributed by atoms with Gasteiger partial charge in [-0.15, -0.1) is 0 Å². The molecule has 0 unspecified atom stereocenters. The Morgan fingerprint density at radius 1 is 1.38 bits per heavy atom. The number of pyridine rings is 1. The maximum atomic E-state index is 12.7. The first-order chi connectivity index (χ1) is 12.5. The van der Waals surface area contributed by atoms with Gasteiger partial charge in [-0.3, -0.25) is 4.79 Å². The Morgan fingerprint density at radius 2 is 2.19 bits per heavy atom. The molecule has 4 rings (SSSR count). The Hall–Kier alpha value is -2.44. The summed E-state index contributed by atoms with van der Waals surface area (Å²) in [6, 6.07) is 2.02. The van der Waals surface area contributed by atoms with Crippen LogP contribution in [0.1, 0.15) is 67.5 Å². The molecule has 0 spiro atoms. The average Bonchev–Trinajstić information content (AvgIpc) is 3.25. The molecule has 26 heavy (non-hydrogen) atoms. The lowest BCUT2D eigenvalue weighted by Crippen LogP contribution is -2.29. The molecule has 0 bridgehead atoms. The normalized spacial score (nSPS) is 17.5. The summed E-state index contributed by atoms with van der Waals surface area (Å²) in [4.78, 5) is 30.9. The highest BCUT2D eigenvalue weighted by Crippen LogP contribution is 2.40. The lowest BCUT2D eigenvalue weighted by Gasteiger charge is -2.15. The van der Waals surface area contributed by atoms with E-state index in [1.807, 2.05) is 24.6 Å². The van der Waals surface area contributed by atoms with Gasteiger partial charge in [0, 0.05) is 30.6 Å². The van der Waals surface area contributed by atoms with Crippen LogP contribution in [0.4, 0.5) is 0 Å². The Kier molecular flexibility index (Phi) is 4.38. The predicted molar refractivity (Wildman–Crippen MR) is 96.0 cm³/mol. The van der Waals surface area contributed by atoms with E-state index in [0.717, 1.165) is 42.5 Å². The summed E-state index contributed by atoms with van der Waals surface area (Å²) >= 11 is 0. The van der Waals surface area contributed by atoms with Gasteiger partial charge in [0.05, 0.1) is 23.7 Å². The third-order valence-corrected chi connectivity index (χ3v) is 5.06. The van der Waals surface area contributed by atoms with E-state index in [0.29, 0.717) is 24.4 Å². The highest BCUT2D eigenvalue weighted by atomic mass is 16.5. The largest absolute Gasteiger partial charge is 0.460 e. The van der Waals surface area contributed by atoms with Crippen molar-refractivity contribution in [1.29, 1.82) is 0 Å². The van der Waals surface area contributed by atoms with Gasteiger partial charge in [0.1, 0.15) is 6.61 Å². The van der Waals surface area contributed by atoms with Gasteiger partial charge in [0.2, 0.25) is 5.91 Å². The quantitative estimate of drug-likeness (QED) is 0.744. The molecule has 1 saturated carbocycles. The number of esters is 1. The fraction of sp³-hybridized carbons (Fsp3) is 0.579. The van der Waals surface area contributed by atoms with Gasteiger partial charge in [0.25, 0.3) is 0 Å². The third-order valence-electron chi connectivity index (χ3n) is 5.06. The van der Waals surface area contributed by atoms with Crippen LogP contribution in [0.5, 0.6) is 0 Å². The molecule has 7 nitrogen and oxygen atoms in total. The van der Waals surface area contributed by atoms with Crippen LogP contribution in [-0.4, -0.2) is 51.2 Å². The monoisotopic (exact) mass is 356 g/mol. The van der Waals surface area contributed by atoms with Crippen molar-refractivity contribution in [3.63, 3.8) is 0 Å². The standard InChI is InChI=1S/C19H24N4O3/c1-12(2)23-18-15(11-20-23)14(10-16(21-18)13-5-6-13)19(25)26-9-8-22-7-3-4-17(22)24/h10-13H,3-9H2,1-2H3. The molecule has 2 aromatic rings. The van der Waals surface area contributed by atoms with E-state index in [9.17, 15) is 9.59 Å². The van der Waals surface area contributed by atoms with E-state index in [1.165, 1.54) is 0 Å². The number of fused-ring (bicyclic) bond motifs is 1. The Balaban J connectivity index is 1.56.